The standard InChI is InChI=1S/C13H21N5O2/c1-16-6-7-17(2)10(9-16)8-15-12-5-3-4-11(14)13(12)18(19)20/h3-5,10,15H,6-9,14H2,1-2H3. The summed E-state index contributed by atoms with van der Waals surface area (Å²) in [4.78, 5) is 15.2. The minimum Gasteiger partial charge on any atom is -0.393 e. The second kappa shape index (κ2) is 6.06. The Morgan fingerprint density at radius 3 is 2.90 bits per heavy atom. The van der Waals surface area contributed by atoms with Gasteiger partial charge < -0.3 is 16.0 Å². The molecule has 0 aliphatic carbocycles. The summed E-state index contributed by atoms with van der Waals surface area (Å²) in [6.07, 6.45) is 0. The van der Waals surface area contributed by atoms with Gasteiger partial charge in [0.2, 0.25) is 0 Å². The molecule has 0 aromatic heterocycles. The van der Waals surface area contributed by atoms with Crippen molar-refractivity contribution in [2.24, 2.45) is 0 Å². The van der Waals surface area contributed by atoms with Crippen LogP contribution in [0.15, 0.2) is 18.2 Å². The van der Waals surface area contributed by atoms with E-state index in [0.717, 1.165) is 19.6 Å². The number of nitrogens with zero attached hydrogens (tertiary/aromatic N) is 3. The molecular weight excluding hydrogens is 258 g/mol. The van der Waals surface area contributed by atoms with Gasteiger partial charge in [-0.3, -0.25) is 15.0 Å². The van der Waals surface area contributed by atoms with Gasteiger partial charge in [0.05, 0.1) is 4.92 Å². The quantitative estimate of drug-likeness (QED) is 0.482. The van der Waals surface area contributed by atoms with Crippen molar-refractivity contribution in [3.63, 3.8) is 0 Å². The van der Waals surface area contributed by atoms with Crippen LogP contribution in [0.5, 0.6) is 0 Å². The fourth-order valence-corrected chi connectivity index (χ4v) is 2.46. The van der Waals surface area contributed by atoms with Gasteiger partial charge >= 0.3 is 5.69 Å². The second-order valence-electron chi connectivity index (χ2n) is 5.28. The van der Waals surface area contributed by atoms with E-state index in [1.54, 1.807) is 18.2 Å². The van der Waals surface area contributed by atoms with Gasteiger partial charge in [-0.05, 0) is 26.2 Å². The van der Waals surface area contributed by atoms with Crippen LogP contribution in [0.25, 0.3) is 0 Å². The van der Waals surface area contributed by atoms with Gasteiger partial charge in [0.1, 0.15) is 11.4 Å². The number of hydrogen-bond acceptors (Lipinski definition) is 6. The Balaban J connectivity index is 2.07. The average Bonchev–Trinajstić information content (AvgIpc) is 2.39. The van der Waals surface area contributed by atoms with Crippen molar-refractivity contribution < 1.29 is 4.92 Å². The zero-order valence-electron chi connectivity index (χ0n) is 11.9. The highest BCUT2D eigenvalue weighted by molar-refractivity contribution is 5.74. The lowest BCUT2D eigenvalue weighted by Gasteiger charge is -2.37. The summed E-state index contributed by atoms with van der Waals surface area (Å²) in [5, 5.41) is 14.2. The van der Waals surface area contributed by atoms with Crippen molar-refractivity contribution in [1.82, 2.24) is 9.80 Å². The highest BCUT2D eigenvalue weighted by Gasteiger charge is 2.23. The lowest BCUT2D eigenvalue weighted by atomic mass is 10.1. The Bertz CT molecular complexity index is 494. The normalized spacial score (nSPS) is 20.8. The van der Waals surface area contributed by atoms with Gasteiger partial charge in [-0.1, -0.05) is 6.07 Å². The van der Waals surface area contributed by atoms with E-state index in [2.05, 4.69) is 29.2 Å². The highest BCUT2D eigenvalue weighted by Crippen LogP contribution is 2.30. The fourth-order valence-electron chi connectivity index (χ4n) is 2.46. The van der Waals surface area contributed by atoms with E-state index in [0.29, 0.717) is 18.3 Å². The monoisotopic (exact) mass is 279 g/mol. The summed E-state index contributed by atoms with van der Waals surface area (Å²) in [6.45, 7) is 3.65. The van der Waals surface area contributed by atoms with Crippen molar-refractivity contribution in [2.45, 2.75) is 6.04 Å². The van der Waals surface area contributed by atoms with Gasteiger partial charge in [0, 0.05) is 32.2 Å². The molecule has 1 fully saturated rings. The predicted molar refractivity (Wildman–Crippen MR) is 79.9 cm³/mol. The maximum atomic E-state index is 11.1. The summed E-state index contributed by atoms with van der Waals surface area (Å²) in [6, 6.07) is 5.29. The van der Waals surface area contributed by atoms with Crippen LogP contribution in [-0.4, -0.2) is 61.0 Å². The lowest BCUT2D eigenvalue weighted by molar-refractivity contribution is -0.383. The molecule has 1 atom stereocenters. The third-order valence-corrected chi connectivity index (χ3v) is 3.76. The third-order valence-electron chi connectivity index (χ3n) is 3.76. The molecule has 0 amide bonds. The minimum absolute atomic E-state index is 0.0423. The molecule has 0 saturated carbocycles. The van der Waals surface area contributed by atoms with Crippen LogP contribution >= 0.6 is 0 Å². The Hall–Kier alpha value is -1.86. The number of anilines is 2. The Labute approximate surface area is 118 Å². The number of rotatable bonds is 4. The van der Waals surface area contributed by atoms with Crippen LogP contribution < -0.4 is 11.1 Å². The SMILES string of the molecule is CN1CCN(C)C(CNc2cccc(N)c2[N+](=O)[O-])C1. The maximum absolute atomic E-state index is 11.1. The van der Waals surface area contributed by atoms with Crippen LogP contribution in [0.1, 0.15) is 0 Å². The number of hydrogen-bond donors (Lipinski definition) is 2. The molecule has 1 aliphatic rings. The maximum Gasteiger partial charge on any atom is 0.314 e. The number of nitrogen functional groups attached to an aromatic ring is 1. The van der Waals surface area contributed by atoms with E-state index >= 15 is 0 Å². The van der Waals surface area contributed by atoms with E-state index in [1.165, 1.54) is 0 Å². The van der Waals surface area contributed by atoms with E-state index in [1.807, 2.05) is 0 Å². The number of nitrogens with two attached hydrogens (primary N) is 1. The van der Waals surface area contributed by atoms with Crippen LogP contribution in [-0.2, 0) is 0 Å². The summed E-state index contributed by atoms with van der Waals surface area (Å²) < 4.78 is 0. The van der Waals surface area contributed by atoms with Crippen LogP contribution in [0.3, 0.4) is 0 Å². The molecule has 1 heterocycles. The molecule has 1 unspecified atom stereocenters. The van der Waals surface area contributed by atoms with Crippen LogP contribution in [0.4, 0.5) is 17.1 Å². The third kappa shape index (κ3) is 3.17. The molecular formula is C13H21N5O2. The Kier molecular flexibility index (Phi) is 4.41. The molecule has 1 aromatic rings. The molecule has 7 heteroatoms. The summed E-state index contributed by atoms with van der Waals surface area (Å²) in [5.41, 5.74) is 6.31. The van der Waals surface area contributed by atoms with E-state index in [9.17, 15) is 10.1 Å². The number of piperazine rings is 1. The molecule has 0 spiro atoms. The number of nitro groups is 1. The summed E-state index contributed by atoms with van der Waals surface area (Å²) in [7, 11) is 4.16. The van der Waals surface area contributed by atoms with Crippen LogP contribution in [0.2, 0.25) is 0 Å². The average molecular weight is 279 g/mol. The first-order valence-corrected chi connectivity index (χ1v) is 6.64. The van der Waals surface area contributed by atoms with E-state index < -0.39 is 4.92 Å². The first-order chi connectivity index (χ1) is 9.49. The van der Waals surface area contributed by atoms with Crippen LogP contribution in [0, 0.1) is 10.1 Å². The van der Waals surface area contributed by atoms with Crippen molar-refractivity contribution in [3.8, 4) is 0 Å². The minimum atomic E-state index is -0.436. The molecule has 2 rings (SSSR count). The lowest BCUT2D eigenvalue weighted by Crippen LogP contribution is -2.52. The van der Waals surface area contributed by atoms with E-state index in [4.69, 9.17) is 5.73 Å². The topological polar surface area (TPSA) is 87.7 Å². The van der Waals surface area contributed by atoms with Crippen molar-refractivity contribution >= 4 is 17.1 Å². The van der Waals surface area contributed by atoms with Gasteiger partial charge in [-0.15, -0.1) is 0 Å². The van der Waals surface area contributed by atoms with Crippen molar-refractivity contribution in [1.29, 1.82) is 0 Å². The number of benzene rings is 1. The first kappa shape index (κ1) is 14.5. The zero-order valence-corrected chi connectivity index (χ0v) is 11.9. The number of nitro benzene ring substituents is 1. The molecule has 20 heavy (non-hydrogen) atoms. The molecule has 0 radical (unpaired) electrons. The van der Waals surface area contributed by atoms with Crippen molar-refractivity contribution in [2.75, 3.05) is 51.3 Å². The second-order valence-corrected chi connectivity index (χ2v) is 5.28. The molecule has 110 valence electrons. The molecule has 7 nitrogen and oxygen atoms in total. The highest BCUT2D eigenvalue weighted by atomic mass is 16.6. The number of likely N-dealkylation sites (N-methyl/N-ethyl adjacent to an activating group) is 2. The molecule has 3 N–H and O–H groups in total. The Morgan fingerprint density at radius 1 is 1.45 bits per heavy atom. The molecule has 1 aromatic carbocycles. The van der Waals surface area contributed by atoms with Gasteiger partial charge in [-0.2, -0.15) is 0 Å². The van der Waals surface area contributed by atoms with Crippen molar-refractivity contribution in [3.05, 3.63) is 28.3 Å². The van der Waals surface area contributed by atoms with Gasteiger partial charge in [0.15, 0.2) is 0 Å². The zero-order chi connectivity index (χ0) is 14.7. The first-order valence-electron chi connectivity index (χ1n) is 6.64. The predicted octanol–water partition coefficient (Wildman–Crippen LogP) is 0.835. The molecule has 0 bridgehead atoms. The molecule has 1 saturated heterocycles. The largest absolute Gasteiger partial charge is 0.393 e. The number of para-hydroxylation sites is 1. The van der Waals surface area contributed by atoms with Gasteiger partial charge in [0.25, 0.3) is 0 Å². The molecule has 1 aliphatic heterocycles. The van der Waals surface area contributed by atoms with E-state index in [-0.39, 0.29) is 11.4 Å². The summed E-state index contributed by atoms with van der Waals surface area (Å²) in [5.74, 6) is 0. The smallest absolute Gasteiger partial charge is 0.314 e. The summed E-state index contributed by atoms with van der Waals surface area (Å²) >= 11 is 0. The Morgan fingerprint density at radius 2 is 2.20 bits per heavy atom. The fraction of sp³-hybridized carbons (Fsp3) is 0.538. The number of nitrogens with one attached hydrogen (secondary N) is 1. The van der Waals surface area contributed by atoms with Gasteiger partial charge in [-0.25, -0.2) is 0 Å².